The molecule has 3 unspecified atom stereocenters. The summed E-state index contributed by atoms with van der Waals surface area (Å²) in [6, 6.07) is 0. The van der Waals surface area contributed by atoms with Gasteiger partial charge in [-0.3, -0.25) is 4.79 Å². The Labute approximate surface area is 124 Å². The van der Waals surface area contributed by atoms with Gasteiger partial charge in [0, 0.05) is 6.61 Å². The molecule has 1 rings (SSSR count). The van der Waals surface area contributed by atoms with Crippen LogP contribution in [0.4, 0.5) is 0 Å². The van der Waals surface area contributed by atoms with Crippen molar-refractivity contribution in [3.63, 3.8) is 0 Å². The summed E-state index contributed by atoms with van der Waals surface area (Å²) in [6.45, 7) is 7.08. The van der Waals surface area contributed by atoms with Crippen LogP contribution in [0.3, 0.4) is 0 Å². The predicted molar refractivity (Wildman–Crippen MR) is 81.7 cm³/mol. The number of Topliss-reactive ketones (excluding diaryl/α,β-unsaturated/α-hetero) is 1. The molecule has 3 heteroatoms. The Kier molecular flexibility index (Phi) is 7.75. The Morgan fingerprint density at radius 1 is 1.30 bits per heavy atom. The summed E-state index contributed by atoms with van der Waals surface area (Å²) in [5.41, 5.74) is -1.16. The van der Waals surface area contributed by atoms with Gasteiger partial charge >= 0.3 is 0 Å². The molecule has 0 heterocycles. The van der Waals surface area contributed by atoms with Gasteiger partial charge in [0.1, 0.15) is 12.2 Å². The fourth-order valence-corrected chi connectivity index (χ4v) is 3.22. The average Bonchev–Trinajstić information content (AvgIpc) is 2.40. The summed E-state index contributed by atoms with van der Waals surface area (Å²) in [5.74, 6) is 0.769. The van der Waals surface area contributed by atoms with Crippen molar-refractivity contribution in [1.29, 1.82) is 0 Å². The monoisotopic (exact) mass is 284 g/mol. The first-order chi connectivity index (χ1) is 9.51. The van der Waals surface area contributed by atoms with E-state index in [2.05, 4.69) is 20.8 Å². The number of carbonyl (C=O) groups excluding carboxylic acids is 1. The van der Waals surface area contributed by atoms with Crippen LogP contribution >= 0.6 is 0 Å². The van der Waals surface area contributed by atoms with E-state index in [0.29, 0.717) is 31.3 Å². The number of hydrogen-bond acceptors (Lipinski definition) is 3. The Morgan fingerprint density at radius 3 is 2.70 bits per heavy atom. The molecule has 1 aliphatic carbocycles. The minimum absolute atomic E-state index is 0.0691. The Bertz CT molecular complexity index is 290. The molecule has 0 bridgehead atoms. The Hall–Kier alpha value is -0.410. The van der Waals surface area contributed by atoms with Gasteiger partial charge in [0.2, 0.25) is 0 Å². The van der Waals surface area contributed by atoms with E-state index in [1.165, 1.54) is 6.42 Å². The Morgan fingerprint density at radius 2 is 2.05 bits per heavy atom. The zero-order valence-corrected chi connectivity index (χ0v) is 13.5. The first-order valence-corrected chi connectivity index (χ1v) is 8.35. The van der Waals surface area contributed by atoms with Crippen molar-refractivity contribution in [3.8, 4) is 0 Å². The Balaban J connectivity index is 2.60. The topological polar surface area (TPSA) is 46.5 Å². The number of unbranched alkanes of at least 4 members (excludes halogenated alkanes) is 1. The molecular formula is C17H32O3. The van der Waals surface area contributed by atoms with Crippen molar-refractivity contribution >= 4 is 5.78 Å². The maximum absolute atomic E-state index is 12.4. The quantitative estimate of drug-likeness (QED) is 0.725. The molecule has 20 heavy (non-hydrogen) atoms. The molecule has 0 saturated heterocycles. The molecule has 0 aliphatic heterocycles. The average molecular weight is 284 g/mol. The van der Waals surface area contributed by atoms with Crippen LogP contribution in [0.15, 0.2) is 0 Å². The number of carbonyl (C=O) groups is 1. The van der Waals surface area contributed by atoms with Crippen molar-refractivity contribution in [2.75, 3.05) is 13.2 Å². The van der Waals surface area contributed by atoms with Crippen molar-refractivity contribution < 1.29 is 14.6 Å². The number of hydrogen-bond donors (Lipinski definition) is 1. The van der Waals surface area contributed by atoms with Crippen LogP contribution in [0.2, 0.25) is 0 Å². The highest BCUT2D eigenvalue weighted by Gasteiger charge is 2.39. The molecule has 0 aromatic rings. The van der Waals surface area contributed by atoms with Crippen LogP contribution in [-0.4, -0.2) is 29.7 Å². The second kappa shape index (κ2) is 8.78. The van der Waals surface area contributed by atoms with Gasteiger partial charge in [0.25, 0.3) is 0 Å². The van der Waals surface area contributed by atoms with Crippen molar-refractivity contribution in [1.82, 2.24) is 0 Å². The van der Waals surface area contributed by atoms with Crippen molar-refractivity contribution in [2.24, 2.45) is 11.8 Å². The van der Waals surface area contributed by atoms with Crippen LogP contribution in [0.1, 0.15) is 72.1 Å². The van der Waals surface area contributed by atoms with Gasteiger partial charge in [-0.25, -0.2) is 0 Å². The van der Waals surface area contributed by atoms with E-state index in [-0.39, 0.29) is 12.4 Å². The molecule has 1 saturated carbocycles. The van der Waals surface area contributed by atoms with E-state index >= 15 is 0 Å². The molecular weight excluding hydrogens is 252 g/mol. The smallest absolute Gasteiger partial charge is 0.189 e. The lowest BCUT2D eigenvalue weighted by Gasteiger charge is -2.35. The third kappa shape index (κ3) is 5.53. The molecule has 3 atom stereocenters. The highest BCUT2D eigenvalue weighted by atomic mass is 16.5. The van der Waals surface area contributed by atoms with Crippen LogP contribution in [0.5, 0.6) is 0 Å². The van der Waals surface area contributed by atoms with Gasteiger partial charge < -0.3 is 9.84 Å². The first kappa shape index (κ1) is 17.6. The SMILES string of the molecule is CCCCOCC(=O)C1(O)CC(C)CCCC(CC)C1. The maximum atomic E-state index is 12.4. The standard InChI is InChI=1S/C17H32O3/c1-4-6-10-20-13-16(18)17(19)11-14(3)8-7-9-15(5-2)12-17/h14-15,19H,4-13H2,1-3H3. The lowest BCUT2D eigenvalue weighted by Crippen LogP contribution is -2.45. The summed E-state index contributed by atoms with van der Waals surface area (Å²) in [6.07, 6.45) is 7.75. The fourth-order valence-electron chi connectivity index (χ4n) is 3.22. The molecule has 1 fully saturated rings. The van der Waals surface area contributed by atoms with Gasteiger partial charge in [0.05, 0.1) is 0 Å². The summed E-state index contributed by atoms with van der Waals surface area (Å²) in [4.78, 5) is 12.4. The van der Waals surface area contributed by atoms with E-state index < -0.39 is 5.60 Å². The van der Waals surface area contributed by atoms with Gasteiger partial charge in [-0.05, 0) is 31.1 Å². The summed E-state index contributed by atoms with van der Waals surface area (Å²) >= 11 is 0. The fraction of sp³-hybridized carbons (Fsp3) is 0.941. The van der Waals surface area contributed by atoms with Crippen LogP contribution in [-0.2, 0) is 9.53 Å². The third-order valence-electron chi connectivity index (χ3n) is 4.59. The normalized spacial score (nSPS) is 31.6. The van der Waals surface area contributed by atoms with Crippen molar-refractivity contribution in [3.05, 3.63) is 0 Å². The van der Waals surface area contributed by atoms with E-state index in [9.17, 15) is 9.90 Å². The molecule has 1 N–H and O–H groups in total. The van der Waals surface area contributed by atoms with Crippen LogP contribution in [0.25, 0.3) is 0 Å². The minimum atomic E-state index is -1.16. The molecule has 3 nitrogen and oxygen atoms in total. The third-order valence-corrected chi connectivity index (χ3v) is 4.59. The highest BCUT2D eigenvalue weighted by molar-refractivity contribution is 5.88. The van der Waals surface area contributed by atoms with Crippen molar-refractivity contribution in [2.45, 2.75) is 77.7 Å². The van der Waals surface area contributed by atoms with Gasteiger partial charge in [0.15, 0.2) is 5.78 Å². The van der Waals surface area contributed by atoms with Crippen LogP contribution < -0.4 is 0 Å². The highest BCUT2D eigenvalue weighted by Crippen LogP contribution is 2.35. The van der Waals surface area contributed by atoms with Gasteiger partial charge in [-0.1, -0.05) is 52.9 Å². The zero-order chi connectivity index (χ0) is 15.0. The van der Waals surface area contributed by atoms with E-state index in [4.69, 9.17) is 4.74 Å². The minimum Gasteiger partial charge on any atom is -0.382 e. The summed E-state index contributed by atoms with van der Waals surface area (Å²) in [7, 11) is 0. The lowest BCUT2D eigenvalue weighted by atomic mass is 9.74. The second-order valence-electron chi connectivity index (χ2n) is 6.58. The van der Waals surface area contributed by atoms with Crippen LogP contribution in [0, 0.1) is 11.8 Å². The zero-order valence-electron chi connectivity index (χ0n) is 13.5. The molecule has 0 spiro atoms. The number of ether oxygens (including phenoxy) is 1. The lowest BCUT2D eigenvalue weighted by molar-refractivity contribution is -0.147. The molecule has 118 valence electrons. The largest absolute Gasteiger partial charge is 0.382 e. The maximum Gasteiger partial charge on any atom is 0.189 e. The van der Waals surface area contributed by atoms with E-state index in [1.54, 1.807) is 0 Å². The number of aliphatic hydroxyl groups is 1. The van der Waals surface area contributed by atoms with Gasteiger partial charge in [-0.2, -0.15) is 0 Å². The second-order valence-corrected chi connectivity index (χ2v) is 6.58. The molecule has 0 aromatic heterocycles. The molecule has 0 aromatic carbocycles. The molecule has 0 amide bonds. The molecule has 1 aliphatic rings. The van der Waals surface area contributed by atoms with E-state index in [1.807, 2.05) is 0 Å². The molecule has 0 radical (unpaired) electrons. The number of rotatable bonds is 7. The summed E-state index contributed by atoms with van der Waals surface area (Å²) < 4.78 is 5.42. The first-order valence-electron chi connectivity index (χ1n) is 8.35. The summed E-state index contributed by atoms with van der Waals surface area (Å²) in [5, 5.41) is 10.8. The number of ketones is 1. The predicted octanol–water partition coefficient (Wildman–Crippen LogP) is 3.73. The van der Waals surface area contributed by atoms with E-state index in [0.717, 1.165) is 32.1 Å². The van der Waals surface area contributed by atoms with Gasteiger partial charge in [-0.15, -0.1) is 0 Å².